The van der Waals surface area contributed by atoms with Gasteiger partial charge in [0.1, 0.15) is 23.6 Å². The Hall–Kier alpha value is -2.77. The van der Waals surface area contributed by atoms with Crippen LogP contribution in [-0.2, 0) is 6.18 Å². The van der Waals surface area contributed by atoms with E-state index in [0.29, 0.717) is 24.8 Å². The second-order valence-electron chi connectivity index (χ2n) is 6.68. The molecule has 1 fully saturated rings. The Bertz CT molecular complexity index is 946. The van der Waals surface area contributed by atoms with E-state index >= 15 is 0 Å². The number of fused-ring (bicyclic) bond motifs is 1. The Kier molecular flexibility index (Phi) is 4.41. The number of aromatic nitrogens is 3. The van der Waals surface area contributed by atoms with E-state index in [9.17, 15) is 13.2 Å². The molecule has 0 unspecified atom stereocenters. The Balaban J connectivity index is 1.50. The fourth-order valence-electron chi connectivity index (χ4n) is 3.69. The lowest BCUT2D eigenvalue weighted by molar-refractivity contribution is -0.141. The van der Waals surface area contributed by atoms with Crippen molar-refractivity contribution in [2.24, 2.45) is 0 Å². The number of methoxy groups -OCH3 is 1. The van der Waals surface area contributed by atoms with Crippen LogP contribution < -0.4 is 9.64 Å². The van der Waals surface area contributed by atoms with Crippen molar-refractivity contribution in [1.29, 1.82) is 0 Å². The van der Waals surface area contributed by atoms with E-state index in [1.54, 1.807) is 7.11 Å². The second-order valence-corrected chi connectivity index (χ2v) is 6.68. The van der Waals surface area contributed by atoms with Crippen molar-refractivity contribution in [1.82, 2.24) is 15.0 Å². The predicted molar refractivity (Wildman–Crippen MR) is 96.1 cm³/mol. The van der Waals surface area contributed by atoms with Crippen molar-refractivity contribution >= 4 is 16.7 Å². The summed E-state index contributed by atoms with van der Waals surface area (Å²) in [6, 6.07) is 6.98. The van der Waals surface area contributed by atoms with Crippen LogP contribution in [0.5, 0.6) is 5.75 Å². The van der Waals surface area contributed by atoms with Crippen LogP contribution in [0.15, 0.2) is 36.8 Å². The number of halogens is 3. The molecule has 142 valence electrons. The number of piperidine rings is 1. The number of nitrogens with zero attached hydrogens (tertiary/aromatic N) is 3. The third-order valence-corrected chi connectivity index (χ3v) is 5.12. The molecule has 8 heteroatoms. The van der Waals surface area contributed by atoms with Gasteiger partial charge in [0.2, 0.25) is 0 Å². The standard InChI is InChI=1S/C19H19F3N4O/c1-27-13-2-3-14-15(10-23-16(14)8-13)12-4-6-26(7-5-12)18-9-17(19(20,21)22)24-11-25-18/h2-3,8-12,23H,4-7H2,1H3. The van der Waals surface area contributed by atoms with Crippen LogP contribution in [0.25, 0.3) is 10.9 Å². The van der Waals surface area contributed by atoms with Crippen molar-refractivity contribution in [3.8, 4) is 5.75 Å². The van der Waals surface area contributed by atoms with Gasteiger partial charge < -0.3 is 14.6 Å². The van der Waals surface area contributed by atoms with Gasteiger partial charge in [-0.2, -0.15) is 13.2 Å². The van der Waals surface area contributed by atoms with Crippen LogP contribution in [-0.4, -0.2) is 35.2 Å². The largest absolute Gasteiger partial charge is 0.497 e. The molecule has 0 aliphatic carbocycles. The molecule has 0 spiro atoms. The highest BCUT2D eigenvalue weighted by Crippen LogP contribution is 2.36. The molecule has 27 heavy (non-hydrogen) atoms. The van der Waals surface area contributed by atoms with Crippen molar-refractivity contribution in [2.45, 2.75) is 24.9 Å². The third-order valence-electron chi connectivity index (χ3n) is 5.12. The van der Waals surface area contributed by atoms with E-state index in [4.69, 9.17) is 4.74 Å². The van der Waals surface area contributed by atoms with Gasteiger partial charge in [0.25, 0.3) is 0 Å². The van der Waals surface area contributed by atoms with E-state index in [2.05, 4.69) is 15.0 Å². The predicted octanol–water partition coefficient (Wildman–Crippen LogP) is 4.37. The molecule has 4 rings (SSSR count). The lowest BCUT2D eigenvalue weighted by Crippen LogP contribution is -2.33. The Labute approximate surface area is 154 Å². The summed E-state index contributed by atoms with van der Waals surface area (Å²) >= 11 is 0. The molecule has 0 atom stereocenters. The molecular formula is C19H19F3N4O. The van der Waals surface area contributed by atoms with Crippen LogP contribution in [0.1, 0.15) is 30.0 Å². The number of benzene rings is 1. The molecule has 0 saturated carbocycles. The SMILES string of the molecule is COc1ccc2c(C3CCN(c4cc(C(F)(F)F)ncn4)CC3)c[nH]c2c1. The van der Waals surface area contributed by atoms with Crippen LogP contribution in [0, 0.1) is 0 Å². The highest BCUT2D eigenvalue weighted by molar-refractivity contribution is 5.85. The summed E-state index contributed by atoms with van der Waals surface area (Å²) in [6.07, 6.45) is 0.254. The zero-order valence-corrected chi connectivity index (χ0v) is 14.8. The number of anilines is 1. The molecule has 1 saturated heterocycles. The number of hydrogen-bond donors (Lipinski definition) is 1. The summed E-state index contributed by atoms with van der Waals surface area (Å²) in [5.74, 6) is 1.49. The molecular weight excluding hydrogens is 357 g/mol. The van der Waals surface area contributed by atoms with Gasteiger partial charge in [-0.3, -0.25) is 0 Å². The summed E-state index contributed by atoms with van der Waals surface area (Å²) in [5.41, 5.74) is 1.36. The summed E-state index contributed by atoms with van der Waals surface area (Å²) < 4.78 is 43.8. The van der Waals surface area contributed by atoms with Gasteiger partial charge in [-0.15, -0.1) is 0 Å². The first kappa shape index (κ1) is 17.6. The zero-order chi connectivity index (χ0) is 19.0. The second kappa shape index (κ2) is 6.75. The van der Waals surface area contributed by atoms with Gasteiger partial charge in [0.15, 0.2) is 0 Å². The van der Waals surface area contributed by atoms with Crippen molar-refractivity contribution < 1.29 is 17.9 Å². The topological polar surface area (TPSA) is 54.0 Å². The van der Waals surface area contributed by atoms with E-state index in [1.165, 1.54) is 5.56 Å². The van der Waals surface area contributed by atoms with Crippen LogP contribution in [0.3, 0.4) is 0 Å². The number of alkyl halides is 3. The molecule has 1 N–H and O–H groups in total. The maximum atomic E-state index is 12.9. The average molecular weight is 376 g/mol. The van der Waals surface area contributed by atoms with E-state index < -0.39 is 11.9 Å². The van der Waals surface area contributed by atoms with Crippen molar-refractivity contribution in [2.75, 3.05) is 25.1 Å². The van der Waals surface area contributed by atoms with Crippen molar-refractivity contribution in [3.63, 3.8) is 0 Å². The normalized spacial score (nSPS) is 16.1. The molecule has 0 radical (unpaired) electrons. The number of H-pyrrole nitrogens is 1. The fraction of sp³-hybridized carbons (Fsp3) is 0.368. The number of aromatic amines is 1. The fourth-order valence-corrected chi connectivity index (χ4v) is 3.69. The van der Waals surface area contributed by atoms with Gasteiger partial charge in [-0.25, -0.2) is 9.97 Å². The minimum absolute atomic E-state index is 0.333. The Morgan fingerprint density at radius 1 is 1.15 bits per heavy atom. The molecule has 3 aromatic rings. The van der Waals surface area contributed by atoms with Gasteiger partial charge >= 0.3 is 6.18 Å². The molecule has 1 aliphatic rings. The number of ether oxygens (including phenoxy) is 1. The third kappa shape index (κ3) is 3.43. The minimum Gasteiger partial charge on any atom is -0.497 e. The van der Waals surface area contributed by atoms with Crippen LogP contribution in [0.2, 0.25) is 0 Å². The summed E-state index contributed by atoms with van der Waals surface area (Å²) in [6.45, 7) is 1.31. The van der Waals surface area contributed by atoms with Gasteiger partial charge in [0.05, 0.1) is 7.11 Å². The van der Waals surface area contributed by atoms with Gasteiger partial charge in [0, 0.05) is 42.3 Å². The maximum absolute atomic E-state index is 12.9. The Morgan fingerprint density at radius 3 is 2.63 bits per heavy atom. The van der Waals surface area contributed by atoms with Crippen LogP contribution >= 0.6 is 0 Å². The summed E-state index contributed by atoms with van der Waals surface area (Å²) in [4.78, 5) is 12.5. The minimum atomic E-state index is -4.46. The first-order valence-corrected chi connectivity index (χ1v) is 8.75. The molecule has 1 aliphatic heterocycles. The van der Waals surface area contributed by atoms with Crippen molar-refractivity contribution in [3.05, 3.63) is 48.0 Å². The number of nitrogens with one attached hydrogen (secondary N) is 1. The number of rotatable bonds is 3. The van der Waals surface area contributed by atoms with E-state index in [1.807, 2.05) is 29.3 Å². The molecule has 5 nitrogen and oxygen atoms in total. The van der Waals surface area contributed by atoms with E-state index in [-0.39, 0.29) is 0 Å². The Morgan fingerprint density at radius 2 is 1.93 bits per heavy atom. The van der Waals surface area contributed by atoms with Crippen LogP contribution in [0.4, 0.5) is 19.0 Å². The molecule has 0 amide bonds. The highest BCUT2D eigenvalue weighted by atomic mass is 19.4. The quantitative estimate of drug-likeness (QED) is 0.738. The molecule has 0 bridgehead atoms. The molecule has 1 aromatic carbocycles. The number of hydrogen-bond acceptors (Lipinski definition) is 4. The lowest BCUT2D eigenvalue weighted by atomic mass is 9.89. The monoisotopic (exact) mass is 376 g/mol. The van der Waals surface area contributed by atoms with Gasteiger partial charge in [-0.1, -0.05) is 0 Å². The average Bonchev–Trinajstić information content (AvgIpc) is 3.10. The van der Waals surface area contributed by atoms with E-state index in [0.717, 1.165) is 41.9 Å². The summed E-state index contributed by atoms with van der Waals surface area (Å²) in [7, 11) is 1.64. The smallest absolute Gasteiger partial charge is 0.433 e. The first-order valence-electron chi connectivity index (χ1n) is 8.75. The van der Waals surface area contributed by atoms with Gasteiger partial charge in [-0.05, 0) is 36.5 Å². The molecule has 2 aromatic heterocycles. The first-order chi connectivity index (χ1) is 13.0. The maximum Gasteiger partial charge on any atom is 0.433 e. The molecule has 3 heterocycles. The summed E-state index contributed by atoms with van der Waals surface area (Å²) in [5, 5.41) is 1.16. The highest BCUT2D eigenvalue weighted by Gasteiger charge is 2.33. The lowest BCUT2D eigenvalue weighted by Gasteiger charge is -2.33. The zero-order valence-electron chi connectivity index (χ0n) is 14.8.